The number of aliphatic hydroxyl groups is 1. The minimum Gasteiger partial charge on any atom is -0.392 e. The smallest absolute Gasteiger partial charge is 0.101 e. The van der Waals surface area contributed by atoms with Crippen LogP contribution in [0, 0.1) is 13.8 Å². The first-order chi connectivity index (χ1) is 8.19. The Morgan fingerprint density at radius 2 is 1.94 bits per heavy atom. The lowest BCUT2D eigenvalue weighted by Crippen LogP contribution is -1.90. The predicted octanol–water partition coefficient (Wildman–Crippen LogP) is 3.34. The van der Waals surface area contributed by atoms with Gasteiger partial charge in [-0.05, 0) is 43.2 Å². The van der Waals surface area contributed by atoms with E-state index in [1.165, 1.54) is 5.56 Å². The van der Waals surface area contributed by atoms with Crippen molar-refractivity contribution in [2.24, 2.45) is 0 Å². The molecule has 0 aliphatic carbocycles. The molecule has 0 radical (unpaired) electrons. The van der Waals surface area contributed by atoms with E-state index in [1.807, 2.05) is 31.2 Å². The van der Waals surface area contributed by atoms with Crippen LogP contribution < -0.4 is 0 Å². The highest BCUT2D eigenvalue weighted by molar-refractivity contribution is 7.99. The largest absolute Gasteiger partial charge is 0.392 e. The van der Waals surface area contributed by atoms with Gasteiger partial charge in [-0.25, -0.2) is 4.98 Å². The van der Waals surface area contributed by atoms with Crippen molar-refractivity contribution in [2.45, 2.75) is 30.4 Å². The lowest BCUT2D eigenvalue weighted by Gasteiger charge is -2.07. The first kappa shape index (κ1) is 12.1. The highest BCUT2D eigenvalue weighted by atomic mass is 32.2. The molecule has 0 fully saturated rings. The number of hydrogen-bond acceptors (Lipinski definition) is 3. The van der Waals surface area contributed by atoms with Crippen LogP contribution >= 0.6 is 11.8 Å². The van der Waals surface area contributed by atoms with Crippen molar-refractivity contribution >= 4 is 11.8 Å². The van der Waals surface area contributed by atoms with Gasteiger partial charge in [-0.15, -0.1) is 0 Å². The van der Waals surface area contributed by atoms with Crippen LogP contribution in [0.25, 0.3) is 0 Å². The monoisotopic (exact) mass is 245 g/mol. The summed E-state index contributed by atoms with van der Waals surface area (Å²) in [4.78, 5) is 5.55. The van der Waals surface area contributed by atoms with Gasteiger partial charge in [0.15, 0.2) is 0 Å². The molecule has 1 aromatic carbocycles. The predicted molar refractivity (Wildman–Crippen MR) is 70.2 cm³/mol. The number of hydrogen-bond donors (Lipinski definition) is 1. The first-order valence-electron chi connectivity index (χ1n) is 5.51. The topological polar surface area (TPSA) is 33.1 Å². The van der Waals surface area contributed by atoms with Gasteiger partial charge >= 0.3 is 0 Å². The zero-order valence-corrected chi connectivity index (χ0v) is 10.8. The number of aliphatic hydroxyl groups excluding tert-OH is 1. The van der Waals surface area contributed by atoms with Crippen molar-refractivity contribution in [3.05, 3.63) is 53.2 Å². The Bertz CT molecular complexity index is 505. The molecule has 0 spiro atoms. The molecule has 2 aromatic rings. The summed E-state index contributed by atoms with van der Waals surface area (Å²) in [6.45, 7) is 4.12. The van der Waals surface area contributed by atoms with Crippen molar-refractivity contribution in [3.63, 3.8) is 0 Å². The fraction of sp³-hybridized carbons (Fsp3) is 0.214. The van der Waals surface area contributed by atoms with E-state index in [0.717, 1.165) is 21.2 Å². The van der Waals surface area contributed by atoms with E-state index in [0.29, 0.717) is 0 Å². The molecule has 0 saturated heterocycles. The molecule has 0 atom stereocenters. The molecule has 1 N–H and O–H groups in total. The fourth-order valence-electron chi connectivity index (χ4n) is 1.70. The van der Waals surface area contributed by atoms with Crippen molar-refractivity contribution in [1.82, 2.24) is 4.98 Å². The van der Waals surface area contributed by atoms with E-state index < -0.39 is 0 Å². The van der Waals surface area contributed by atoms with E-state index in [1.54, 1.807) is 11.8 Å². The van der Waals surface area contributed by atoms with Gasteiger partial charge in [-0.1, -0.05) is 30.0 Å². The highest BCUT2D eigenvalue weighted by Gasteiger charge is 2.04. The van der Waals surface area contributed by atoms with Crippen LogP contribution in [0.4, 0.5) is 0 Å². The summed E-state index contributed by atoms with van der Waals surface area (Å²) in [5.41, 5.74) is 3.17. The maximum atomic E-state index is 9.27. The van der Waals surface area contributed by atoms with Gasteiger partial charge in [0.2, 0.25) is 0 Å². The van der Waals surface area contributed by atoms with E-state index in [-0.39, 0.29) is 6.61 Å². The van der Waals surface area contributed by atoms with Crippen LogP contribution in [-0.4, -0.2) is 10.1 Å². The molecular weight excluding hydrogens is 230 g/mol. The zero-order valence-electron chi connectivity index (χ0n) is 9.97. The van der Waals surface area contributed by atoms with E-state index in [4.69, 9.17) is 0 Å². The minimum absolute atomic E-state index is 0.0635. The van der Waals surface area contributed by atoms with Crippen molar-refractivity contribution in [1.29, 1.82) is 0 Å². The highest BCUT2D eigenvalue weighted by Crippen LogP contribution is 2.29. The molecule has 2 rings (SSSR count). The van der Waals surface area contributed by atoms with Crippen LogP contribution in [0.3, 0.4) is 0 Å². The van der Waals surface area contributed by atoms with Crippen molar-refractivity contribution in [3.8, 4) is 0 Å². The molecule has 0 unspecified atom stereocenters. The van der Waals surface area contributed by atoms with Crippen LogP contribution in [0.5, 0.6) is 0 Å². The summed E-state index contributed by atoms with van der Waals surface area (Å²) in [7, 11) is 0. The number of benzene rings is 1. The van der Waals surface area contributed by atoms with Gasteiger partial charge in [0.1, 0.15) is 5.03 Å². The number of aromatic nitrogens is 1. The standard InChI is InChI=1S/C14H15NOS/c1-10-7-11(2)15-14(8-10)17-13-6-4-3-5-12(13)9-16/h3-8,16H,9H2,1-2H3. The fourth-order valence-corrected chi connectivity index (χ4v) is 2.77. The average molecular weight is 245 g/mol. The normalized spacial score (nSPS) is 10.5. The molecule has 88 valence electrons. The lowest BCUT2D eigenvalue weighted by atomic mass is 10.2. The Hall–Kier alpha value is -1.32. The second kappa shape index (κ2) is 5.34. The summed E-state index contributed by atoms with van der Waals surface area (Å²) in [5, 5.41) is 10.2. The van der Waals surface area contributed by atoms with Gasteiger partial charge in [0, 0.05) is 10.6 Å². The molecule has 2 nitrogen and oxygen atoms in total. The van der Waals surface area contributed by atoms with E-state index in [9.17, 15) is 5.11 Å². The van der Waals surface area contributed by atoms with Gasteiger partial charge in [-0.2, -0.15) is 0 Å². The summed E-state index contributed by atoms with van der Waals surface area (Å²) < 4.78 is 0. The molecule has 0 saturated carbocycles. The Kier molecular flexibility index (Phi) is 3.82. The maximum Gasteiger partial charge on any atom is 0.101 e. The van der Waals surface area contributed by atoms with Crippen LogP contribution in [0.1, 0.15) is 16.8 Å². The number of nitrogens with zero attached hydrogens (tertiary/aromatic N) is 1. The molecule has 0 bridgehead atoms. The third kappa shape index (κ3) is 3.08. The van der Waals surface area contributed by atoms with Crippen molar-refractivity contribution in [2.75, 3.05) is 0 Å². The van der Waals surface area contributed by atoms with Crippen LogP contribution in [0.2, 0.25) is 0 Å². The van der Waals surface area contributed by atoms with E-state index in [2.05, 4.69) is 24.0 Å². The van der Waals surface area contributed by atoms with Gasteiger partial charge in [0.25, 0.3) is 0 Å². The number of aryl methyl sites for hydroxylation is 2. The van der Waals surface area contributed by atoms with E-state index >= 15 is 0 Å². The Balaban J connectivity index is 2.31. The summed E-state index contributed by atoms with van der Waals surface area (Å²) in [5.74, 6) is 0. The zero-order chi connectivity index (χ0) is 12.3. The minimum atomic E-state index is 0.0635. The van der Waals surface area contributed by atoms with Gasteiger partial charge in [0.05, 0.1) is 6.61 Å². The Morgan fingerprint density at radius 1 is 1.18 bits per heavy atom. The maximum absolute atomic E-state index is 9.27. The third-order valence-electron chi connectivity index (χ3n) is 2.43. The van der Waals surface area contributed by atoms with Crippen LogP contribution in [-0.2, 0) is 6.61 Å². The Labute approximate surface area is 106 Å². The molecule has 0 aliphatic heterocycles. The third-order valence-corrected chi connectivity index (χ3v) is 3.47. The van der Waals surface area contributed by atoms with Crippen LogP contribution in [0.15, 0.2) is 46.3 Å². The first-order valence-corrected chi connectivity index (χ1v) is 6.32. The molecule has 1 heterocycles. The molecule has 17 heavy (non-hydrogen) atoms. The molecule has 0 aliphatic rings. The SMILES string of the molecule is Cc1cc(C)nc(Sc2ccccc2CO)c1. The molecule has 3 heteroatoms. The quantitative estimate of drug-likeness (QED) is 0.900. The molecular formula is C14H15NOS. The molecule has 1 aromatic heterocycles. The Morgan fingerprint density at radius 3 is 2.65 bits per heavy atom. The second-order valence-corrected chi connectivity index (χ2v) is 5.05. The number of rotatable bonds is 3. The van der Waals surface area contributed by atoms with Gasteiger partial charge in [-0.3, -0.25) is 0 Å². The molecule has 0 amide bonds. The summed E-state index contributed by atoms with van der Waals surface area (Å²) in [6.07, 6.45) is 0. The summed E-state index contributed by atoms with van der Waals surface area (Å²) in [6, 6.07) is 12.0. The summed E-state index contributed by atoms with van der Waals surface area (Å²) >= 11 is 1.60. The van der Waals surface area contributed by atoms with Crippen molar-refractivity contribution < 1.29 is 5.11 Å². The second-order valence-electron chi connectivity index (χ2n) is 3.99. The number of pyridine rings is 1. The lowest BCUT2D eigenvalue weighted by molar-refractivity contribution is 0.279. The average Bonchev–Trinajstić information content (AvgIpc) is 2.28. The van der Waals surface area contributed by atoms with Gasteiger partial charge < -0.3 is 5.11 Å².